The van der Waals surface area contributed by atoms with Gasteiger partial charge in [-0.1, -0.05) is 30.3 Å². The summed E-state index contributed by atoms with van der Waals surface area (Å²) in [5.74, 6) is -0.161. The maximum Gasteiger partial charge on any atom is 0.272 e. The van der Waals surface area contributed by atoms with Gasteiger partial charge in [0.1, 0.15) is 5.69 Å². The summed E-state index contributed by atoms with van der Waals surface area (Å²) in [6.07, 6.45) is 0. The topological polar surface area (TPSA) is 57.8 Å². The van der Waals surface area contributed by atoms with E-state index in [0.717, 1.165) is 11.3 Å². The van der Waals surface area contributed by atoms with Crippen LogP contribution in [-0.2, 0) is 0 Å². The van der Waals surface area contributed by atoms with Crippen LogP contribution in [0.5, 0.6) is 0 Å². The van der Waals surface area contributed by atoms with Crippen molar-refractivity contribution < 1.29 is 4.79 Å². The van der Waals surface area contributed by atoms with Crippen LogP contribution >= 0.6 is 0 Å². The van der Waals surface area contributed by atoms with Crippen molar-refractivity contribution in [2.45, 2.75) is 19.9 Å². The second kappa shape index (κ2) is 4.82. The highest BCUT2D eigenvalue weighted by Gasteiger charge is 2.13. The third kappa shape index (κ3) is 2.72. The first-order valence-corrected chi connectivity index (χ1v) is 5.54. The molecule has 0 spiro atoms. The van der Waals surface area contributed by atoms with Gasteiger partial charge < -0.3 is 5.32 Å². The number of hydrogen-bond donors (Lipinski definition) is 2. The lowest BCUT2D eigenvalue weighted by atomic mass is 10.1. The molecule has 1 aromatic heterocycles. The van der Waals surface area contributed by atoms with Crippen molar-refractivity contribution in [2.75, 3.05) is 0 Å². The summed E-state index contributed by atoms with van der Waals surface area (Å²) in [7, 11) is 0. The molecule has 2 aromatic rings. The van der Waals surface area contributed by atoms with Gasteiger partial charge in [0, 0.05) is 5.69 Å². The third-order valence-electron chi connectivity index (χ3n) is 2.59. The first-order valence-electron chi connectivity index (χ1n) is 5.54. The van der Waals surface area contributed by atoms with Gasteiger partial charge in [0.2, 0.25) is 0 Å². The maximum atomic E-state index is 11.8. The van der Waals surface area contributed by atoms with E-state index in [1.54, 1.807) is 6.07 Å². The standard InChI is InChI=1S/C13H15N3O/c1-9-8-12(16-15-9)13(17)14-10(2)11-6-4-3-5-7-11/h3-8,10H,1-2H3,(H,14,17)(H,15,16)/t10-/m1/s1. The summed E-state index contributed by atoms with van der Waals surface area (Å²) in [6, 6.07) is 11.5. The van der Waals surface area contributed by atoms with E-state index in [0.29, 0.717) is 5.69 Å². The van der Waals surface area contributed by atoms with E-state index in [2.05, 4.69) is 15.5 Å². The summed E-state index contributed by atoms with van der Waals surface area (Å²) < 4.78 is 0. The first kappa shape index (κ1) is 11.4. The van der Waals surface area contributed by atoms with Crippen molar-refractivity contribution in [3.63, 3.8) is 0 Å². The van der Waals surface area contributed by atoms with Gasteiger partial charge in [0.05, 0.1) is 6.04 Å². The van der Waals surface area contributed by atoms with Crippen LogP contribution in [0.25, 0.3) is 0 Å². The summed E-state index contributed by atoms with van der Waals surface area (Å²) in [6.45, 7) is 3.82. The smallest absolute Gasteiger partial charge is 0.272 e. The lowest BCUT2D eigenvalue weighted by Crippen LogP contribution is -2.26. The molecule has 1 aromatic carbocycles. The molecule has 0 saturated carbocycles. The van der Waals surface area contributed by atoms with E-state index >= 15 is 0 Å². The summed E-state index contributed by atoms with van der Waals surface area (Å²) in [4.78, 5) is 11.8. The molecule has 1 amide bonds. The Balaban J connectivity index is 2.04. The minimum absolute atomic E-state index is 0.0271. The molecule has 4 heteroatoms. The van der Waals surface area contributed by atoms with Crippen molar-refractivity contribution in [1.82, 2.24) is 15.5 Å². The van der Waals surface area contributed by atoms with Gasteiger partial charge in [-0.05, 0) is 25.5 Å². The van der Waals surface area contributed by atoms with Gasteiger partial charge >= 0.3 is 0 Å². The number of nitrogens with one attached hydrogen (secondary N) is 2. The van der Waals surface area contributed by atoms with Gasteiger partial charge in [-0.2, -0.15) is 5.10 Å². The van der Waals surface area contributed by atoms with Crippen LogP contribution in [-0.4, -0.2) is 16.1 Å². The predicted molar refractivity (Wildman–Crippen MR) is 65.6 cm³/mol. The number of carbonyl (C=O) groups excluding carboxylic acids is 1. The SMILES string of the molecule is Cc1cc(C(=O)N[C@H](C)c2ccccc2)n[nH]1. The molecule has 0 aliphatic rings. The number of aromatic amines is 1. The fourth-order valence-corrected chi connectivity index (χ4v) is 1.63. The normalized spacial score (nSPS) is 12.1. The largest absolute Gasteiger partial charge is 0.344 e. The van der Waals surface area contributed by atoms with Crippen molar-refractivity contribution in [2.24, 2.45) is 0 Å². The summed E-state index contributed by atoms with van der Waals surface area (Å²) >= 11 is 0. The fraction of sp³-hybridized carbons (Fsp3) is 0.231. The number of benzene rings is 1. The van der Waals surface area contributed by atoms with Crippen molar-refractivity contribution in [3.05, 3.63) is 53.3 Å². The monoisotopic (exact) mass is 229 g/mol. The highest BCUT2D eigenvalue weighted by molar-refractivity contribution is 5.92. The Kier molecular flexibility index (Phi) is 3.23. The molecule has 0 fully saturated rings. The van der Waals surface area contributed by atoms with Gasteiger partial charge in [0.15, 0.2) is 0 Å². The van der Waals surface area contributed by atoms with Gasteiger partial charge in [-0.3, -0.25) is 9.89 Å². The van der Waals surface area contributed by atoms with Crippen LogP contribution in [0.3, 0.4) is 0 Å². The molecule has 0 bridgehead atoms. The maximum absolute atomic E-state index is 11.8. The van der Waals surface area contributed by atoms with Crippen molar-refractivity contribution in [3.8, 4) is 0 Å². The average molecular weight is 229 g/mol. The number of hydrogen-bond acceptors (Lipinski definition) is 2. The van der Waals surface area contributed by atoms with Crippen LogP contribution in [0.2, 0.25) is 0 Å². The summed E-state index contributed by atoms with van der Waals surface area (Å²) in [5.41, 5.74) is 2.38. The number of aryl methyl sites for hydroxylation is 1. The van der Waals surface area contributed by atoms with Crippen LogP contribution in [0.15, 0.2) is 36.4 Å². The van der Waals surface area contributed by atoms with Crippen molar-refractivity contribution in [1.29, 1.82) is 0 Å². The molecular weight excluding hydrogens is 214 g/mol. The lowest BCUT2D eigenvalue weighted by molar-refractivity contribution is 0.0935. The average Bonchev–Trinajstić information content (AvgIpc) is 2.77. The molecule has 0 aliphatic carbocycles. The first-order chi connectivity index (χ1) is 8.16. The van der Waals surface area contributed by atoms with E-state index in [1.165, 1.54) is 0 Å². The zero-order valence-electron chi connectivity index (χ0n) is 9.90. The molecule has 2 rings (SSSR count). The molecule has 0 unspecified atom stereocenters. The van der Waals surface area contributed by atoms with Gasteiger partial charge in [-0.15, -0.1) is 0 Å². The molecule has 88 valence electrons. The second-order valence-electron chi connectivity index (χ2n) is 4.04. The number of nitrogens with zero attached hydrogens (tertiary/aromatic N) is 1. The molecular formula is C13H15N3O. The minimum atomic E-state index is -0.161. The number of H-pyrrole nitrogens is 1. The highest BCUT2D eigenvalue weighted by atomic mass is 16.2. The molecule has 0 radical (unpaired) electrons. The molecule has 2 N–H and O–H groups in total. The molecule has 1 heterocycles. The van der Waals surface area contributed by atoms with E-state index < -0.39 is 0 Å². The number of amides is 1. The molecule has 0 aliphatic heterocycles. The van der Waals surface area contributed by atoms with E-state index in [1.807, 2.05) is 44.2 Å². The number of aromatic nitrogens is 2. The molecule has 17 heavy (non-hydrogen) atoms. The van der Waals surface area contributed by atoms with E-state index in [4.69, 9.17) is 0 Å². The summed E-state index contributed by atoms with van der Waals surface area (Å²) in [5, 5.41) is 9.58. The molecule has 4 nitrogen and oxygen atoms in total. The number of rotatable bonds is 3. The van der Waals surface area contributed by atoms with Crippen molar-refractivity contribution >= 4 is 5.91 Å². The predicted octanol–water partition coefficient (Wildman–Crippen LogP) is 2.21. The highest BCUT2D eigenvalue weighted by Crippen LogP contribution is 2.11. The third-order valence-corrected chi connectivity index (χ3v) is 2.59. The Labute approximate surface area is 100 Å². The van der Waals surface area contributed by atoms with Crippen LogP contribution in [0.4, 0.5) is 0 Å². The Morgan fingerprint density at radius 3 is 2.65 bits per heavy atom. The Morgan fingerprint density at radius 1 is 1.35 bits per heavy atom. The minimum Gasteiger partial charge on any atom is -0.344 e. The second-order valence-corrected chi connectivity index (χ2v) is 4.04. The lowest BCUT2D eigenvalue weighted by Gasteiger charge is -2.12. The van der Waals surface area contributed by atoms with E-state index in [9.17, 15) is 4.79 Å². The zero-order valence-corrected chi connectivity index (χ0v) is 9.90. The molecule has 1 atom stereocenters. The Hall–Kier alpha value is -2.10. The van der Waals surface area contributed by atoms with Gasteiger partial charge in [0.25, 0.3) is 5.91 Å². The van der Waals surface area contributed by atoms with E-state index in [-0.39, 0.29) is 11.9 Å². The Bertz CT molecular complexity index is 504. The van der Waals surface area contributed by atoms with Crippen LogP contribution in [0.1, 0.15) is 34.7 Å². The van der Waals surface area contributed by atoms with Crippen LogP contribution < -0.4 is 5.32 Å². The number of carbonyl (C=O) groups is 1. The zero-order chi connectivity index (χ0) is 12.3. The van der Waals surface area contributed by atoms with Crippen LogP contribution in [0, 0.1) is 6.92 Å². The quantitative estimate of drug-likeness (QED) is 0.847. The Morgan fingerprint density at radius 2 is 2.06 bits per heavy atom. The fourth-order valence-electron chi connectivity index (χ4n) is 1.63. The van der Waals surface area contributed by atoms with Gasteiger partial charge in [-0.25, -0.2) is 0 Å². The molecule has 0 saturated heterocycles.